The smallest absolute Gasteiger partial charge is 0.407 e. The Morgan fingerprint density at radius 3 is 2.43 bits per heavy atom. The molecule has 4 N–H and O–H groups in total. The van der Waals surface area contributed by atoms with Gasteiger partial charge in [0.25, 0.3) is 0 Å². The van der Waals surface area contributed by atoms with Crippen molar-refractivity contribution in [2.45, 2.75) is 31.9 Å². The number of alkyl carbamates (subject to hydrolysis) is 1. The van der Waals surface area contributed by atoms with Crippen LogP contribution in [-0.4, -0.2) is 40.0 Å². The van der Waals surface area contributed by atoms with Gasteiger partial charge in [-0.3, -0.25) is 4.72 Å². The molecule has 164 valence electrons. The number of ether oxygens (including phenoxy) is 2. The van der Waals surface area contributed by atoms with Crippen molar-refractivity contribution in [3.8, 4) is 5.75 Å². The SMILES string of the molecule is COc1ccc(NS(=O)(=O)C[C@@H](N)CCCCNC(=O)OCc2ccccc2)cc1. The number of nitrogens with one attached hydrogen (secondary N) is 2. The summed E-state index contributed by atoms with van der Waals surface area (Å²) in [6, 6.07) is 15.5. The van der Waals surface area contributed by atoms with Gasteiger partial charge in [0, 0.05) is 18.3 Å². The third kappa shape index (κ3) is 9.15. The second-order valence-corrected chi connectivity index (χ2v) is 8.62. The van der Waals surface area contributed by atoms with Crippen molar-refractivity contribution < 1.29 is 22.7 Å². The molecule has 2 rings (SSSR count). The highest BCUT2D eigenvalue weighted by Crippen LogP contribution is 2.16. The lowest BCUT2D eigenvalue weighted by Crippen LogP contribution is -2.33. The highest BCUT2D eigenvalue weighted by Gasteiger charge is 2.16. The van der Waals surface area contributed by atoms with Crippen LogP contribution in [0.1, 0.15) is 24.8 Å². The zero-order chi connectivity index (χ0) is 21.8. The van der Waals surface area contributed by atoms with Crippen LogP contribution in [0.2, 0.25) is 0 Å². The lowest BCUT2D eigenvalue weighted by atomic mass is 10.1. The Labute approximate surface area is 177 Å². The van der Waals surface area contributed by atoms with Crippen LogP contribution in [-0.2, 0) is 21.4 Å². The number of hydrogen-bond donors (Lipinski definition) is 3. The fraction of sp³-hybridized carbons (Fsp3) is 0.381. The van der Waals surface area contributed by atoms with Gasteiger partial charge in [0.05, 0.1) is 12.9 Å². The van der Waals surface area contributed by atoms with Crippen LogP contribution >= 0.6 is 0 Å². The van der Waals surface area contributed by atoms with Gasteiger partial charge < -0.3 is 20.5 Å². The van der Waals surface area contributed by atoms with Crippen LogP contribution in [0.15, 0.2) is 54.6 Å². The number of sulfonamides is 1. The molecule has 0 aliphatic rings. The summed E-state index contributed by atoms with van der Waals surface area (Å²) < 4.78 is 37.1. The molecule has 0 unspecified atom stereocenters. The van der Waals surface area contributed by atoms with Crippen molar-refractivity contribution in [3.63, 3.8) is 0 Å². The van der Waals surface area contributed by atoms with Crippen molar-refractivity contribution in [2.75, 3.05) is 24.1 Å². The molecule has 30 heavy (non-hydrogen) atoms. The molecule has 0 heterocycles. The van der Waals surface area contributed by atoms with Crippen LogP contribution in [0.3, 0.4) is 0 Å². The van der Waals surface area contributed by atoms with E-state index >= 15 is 0 Å². The second-order valence-electron chi connectivity index (χ2n) is 6.86. The van der Waals surface area contributed by atoms with E-state index in [9.17, 15) is 13.2 Å². The minimum atomic E-state index is -3.55. The first-order valence-corrected chi connectivity index (χ1v) is 11.4. The Hall–Kier alpha value is -2.78. The van der Waals surface area contributed by atoms with Crippen LogP contribution in [0.25, 0.3) is 0 Å². The normalized spacial score (nSPS) is 12.1. The van der Waals surface area contributed by atoms with Gasteiger partial charge in [0.1, 0.15) is 12.4 Å². The minimum absolute atomic E-state index is 0.175. The number of carbonyl (C=O) groups excluding carboxylic acids is 1. The Kier molecular flexibility index (Phi) is 9.43. The molecule has 0 aliphatic carbocycles. The maximum absolute atomic E-state index is 12.2. The largest absolute Gasteiger partial charge is 0.497 e. The third-order valence-electron chi connectivity index (χ3n) is 4.28. The molecule has 1 atom stereocenters. The Balaban J connectivity index is 1.59. The van der Waals surface area contributed by atoms with Gasteiger partial charge in [-0.05, 0) is 42.7 Å². The van der Waals surface area contributed by atoms with Crippen LogP contribution < -0.4 is 20.5 Å². The van der Waals surface area contributed by atoms with E-state index in [1.165, 1.54) is 0 Å². The first-order valence-electron chi connectivity index (χ1n) is 9.72. The molecule has 0 fully saturated rings. The molecule has 2 aromatic rings. The molecule has 2 aromatic carbocycles. The molecular formula is C21H29N3O5S. The van der Waals surface area contributed by atoms with Crippen molar-refractivity contribution in [1.82, 2.24) is 5.32 Å². The molecule has 0 bridgehead atoms. The summed E-state index contributed by atoms with van der Waals surface area (Å²) in [6.07, 6.45) is 1.43. The molecule has 0 aliphatic heterocycles. The molecule has 8 nitrogen and oxygen atoms in total. The number of hydrogen-bond acceptors (Lipinski definition) is 6. The predicted molar refractivity (Wildman–Crippen MR) is 117 cm³/mol. The predicted octanol–water partition coefficient (Wildman–Crippen LogP) is 2.86. The fourth-order valence-corrected chi connectivity index (χ4v) is 4.05. The van der Waals surface area contributed by atoms with Crippen LogP contribution in [0, 0.1) is 0 Å². The maximum atomic E-state index is 12.2. The number of benzene rings is 2. The number of amides is 1. The lowest BCUT2D eigenvalue weighted by Gasteiger charge is -2.14. The fourth-order valence-electron chi connectivity index (χ4n) is 2.74. The monoisotopic (exact) mass is 435 g/mol. The van der Waals surface area contributed by atoms with E-state index in [2.05, 4.69) is 10.0 Å². The zero-order valence-corrected chi connectivity index (χ0v) is 17.9. The summed E-state index contributed by atoms with van der Waals surface area (Å²) in [5, 5.41) is 2.67. The van der Waals surface area contributed by atoms with Gasteiger partial charge in [-0.1, -0.05) is 36.8 Å². The first kappa shape index (κ1) is 23.5. The summed E-state index contributed by atoms with van der Waals surface area (Å²) in [6.45, 7) is 0.661. The Morgan fingerprint density at radius 1 is 1.07 bits per heavy atom. The standard InChI is InChI=1S/C21H29N3O5S/c1-28-20-12-10-19(11-13-20)24-30(26,27)16-18(22)9-5-6-14-23-21(25)29-15-17-7-3-2-4-8-17/h2-4,7-8,10-13,18,24H,5-6,9,14-16,22H2,1H3,(H,23,25)/t18-/m0/s1. The van der Waals surface area contributed by atoms with Gasteiger partial charge in [-0.25, -0.2) is 13.2 Å². The molecule has 9 heteroatoms. The van der Waals surface area contributed by atoms with E-state index in [4.69, 9.17) is 15.2 Å². The summed E-state index contributed by atoms with van der Waals surface area (Å²) in [7, 11) is -2.01. The van der Waals surface area contributed by atoms with Crippen molar-refractivity contribution in [3.05, 3.63) is 60.2 Å². The third-order valence-corrected chi connectivity index (χ3v) is 5.69. The topological polar surface area (TPSA) is 120 Å². The summed E-state index contributed by atoms with van der Waals surface area (Å²) in [5.41, 5.74) is 7.34. The summed E-state index contributed by atoms with van der Waals surface area (Å²) in [4.78, 5) is 11.7. The average Bonchev–Trinajstić information content (AvgIpc) is 2.72. The number of anilines is 1. The maximum Gasteiger partial charge on any atom is 0.407 e. The highest BCUT2D eigenvalue weighted by molar-refractivity contribution is 7.92. The quantitative estimate of drug-likeness (QED) is 0.441. The van der Waals surface area contributed by atoms with Crippen LogP contribution in [0.4, 0.5) is 10.5 Å². The van der Waals surface area contributed by atoms with Crippen molar-refractivity contribution >= 4 is 21.8 Å². The molecule has 1 amide bonds. The number of unbranched alkanes of at least 4 members (excludes halogenated alkanes) is 1. The molecule has 0 spiro atoms. The Bertz CT molecular complexity index is 873. The number of nitrogens with two attached hydrogens (primary N) is 1. The van der Waals surface area contributed by atoms with Crippen molar-refractivity contribution in [2.24, 2.45) is 5.73 Å². The van der Waals surface area contributed by atoms with Gasteiger partial charge >= 0.3 is 6.09 Å². The molecule has 0 aromatic heterocycles. The molecule has 0 saturated heterocycles. The number of rotatable bonds is 12. The highest BCUT2D eigenvalue weighted by atomic mass is 32.2. The zero-order valence-electron chi connectivity index (χ0n) is 17.0. The minimum Gasteiger partial charge on any atom is -0.497 e. The van der Waals surface area contributed by atoms with E-state index in [0.717, 1.165) is 5.56 Å². The molecule has 0 radical (unpaired) electrons. The summed E-state index contributed by atoms with van der Waals surface area (Å²) in [5.74, 6) is 0.471. The van der Waals surface area contributed by atoms with Gasteiger partial charge in [-0.2, -0.15) is 0 Å². The molecule has 0 saturated carbocycles. The van der Waals surface area contributed by atoms with E-state index in [0.29, 0.717) is 37.2 Å². The Morgan fingerprint density at radius 2 is 1.77 bits per heavy atom. The average molecular weight is 436 g/mol. The van der Waals surface area contributed by atoms with E-state index < -0.39 is 22.2 Å². The molecular weight excluding hydrogens is 406 g/mol. The van der Waals surface area contributed by atoms with Crippen molar-refractivity contribution in [1.29, 1.82) is 0 Å². The number of carbonyl (C=O) groups is 1. The van der Waals surface area contributed by atoms with E-state index in [1.807, 2.05) is 30.3 Å². The van der Waals surface area contributed by atoms with E-state index in [1.54, 1.807) is 31.4 Å². The van der Waals surface area contributed by atoms with E-state index in [-0.39, 0.29) is 12.4 Å². The number of methoxy groups -OCH3 is 1. The van der Waals surface area contributed by atoms with Gasteiger partial charge in [-0.15, -0.1) is 0 Å². The van der Waals surface area contributed by atoms with Gasteiger partial charge in [0.2, 0.25) is 10.0 Å². The lowest BCUT2D eigenvalue weighted by molar-refractivity contribution is 0.139. The second kappa shape index (κ2) is 12.0. The summed E-state index contributed by atoms with van der Waals surface area (Å²) >= 11 is 0. The first-order chi connectivity index (χ1) is 14.4. The van der Waals surface area contributed by atoms with Crippen LogP contribution in [0.5, 0.6) is 5.75 Å². The van der Waals surface area contributed by atoms with Gasteiger partial charge in [0.15, 0.2) is 0 Å².